The van der Waals surface area contributed by atoms with Gasteiger partial charge in [-0.3, -0.25) is 0 Å². The number of aliphatic imine (C=N–C) groups is 1. The highest BCUT2D eigenvalue weighted by atomic mass is 32.2. The quantitative estimate of drug-likeness (QED) is 0.735. The smallest absolute Gasteiger partial charge is 0.346 e. The van der Waals surface area contributed by atoms with E-state index in [2.05, 4.69) is 4.99 Å². The van der Waals surface area contributed by atoms with Crippen LogP contribution in [0.5, 0.6) is 0 Å². The van der Waals surface area contributed by atoms with Gasteiger partial charge in [-0.25, -0.2) is 14.6 Å². The van der Waals surface area contributed by atoms with E-state index in [9.17, 15) is 9.59 Å². The number of amidine groups is 1. The zero-order chi connectivity index (χ0) is 19.7. The van der Waals surface area contributed by atoms with Crippen molar-refractivity contribution in [1.29, 1.82) is 0 Å². The van der Waals surface area contributed by atoms with Crippen molar-refractivity contribution in [2.75, 3.05) is 13.7 Å². The third kappa shape index (κ3) is 3.39. The molecule has 6 nitrogen and oxygen atoms in total. The summed E-state index contributed by atoms with van der Waals surface area (Å²) < 4.78 is 10.2. The molecule has 0 bridgehead atoms. The Balaban J connectivity index is 2.15. The van der Waals surface area contributed by atoms with E-state index < -0.39 is 12.0 Å². The molecule has 1 aromatic carbocycles. The number of allylic oxidation sites excluding steroid dienone is 2. The first-order chi connectivity index (χ1) is 12.9. The number of esters is 2. The van der Waals surface area contributed by atoms with Crippen molar-refractivity contribution in [2.45, 2.75) is 33.7 Å². The summed E-state index contributed by atoms with van der Waals surface area (Å²) in [5.41, 5.74) is 3.83. The number of hydrogen-bond donors (Lipinski definition) is 0. The summed E-state index contributed by atoms with van der Waals surface area (Å²) >= 11 is 1.27. The molecule has 0 amide bonds. The highest BCUT2D eigenvalue weighted by Crippen LogP contribution is 2.47. The van der Waals surface area contributed by atoms with E-state index in [-0.39, 0.29) is 5.97 Å². The molecule has 2 heterocycles. The zero-order valence-electron chi connectivity index (χ0n) is 16.0. The van der Waals surface area contributed by atoms with Gasteiger partial charge in [0, 0.05) is 5.70 Å². The van der Waals surface area contributed by atoms with Crippen molar-refractivity contribution < 1.29 is 19.1 Å². The molecule has 0 spiro atoms. The highest BCUT2D eigenvalue weighted by molar-refractivity contribution is 8.18. The molecule has 2 aliphatic rings. The number of hydrogen-bond acceptors (Lipinski definition) is 7. The number of methoxy groups -OCH3 is 1. The van der Waals surface area contributed by atoms with Gasteiger partial charge in [0.15, 0.2) is 5.17 Å². The fraction of sp³-hybridized carbons (Fsp3) is 0.350. The lowest BCUT2D eigenvalue weighted by Gasteiger charge is -2.35. The lowest BCUT2D eigenvalue weighted by atomic mass is 9.93. The molecule has 2 aliphatic heterocycles. The van der Waals surface area contributed by atoms with Gasteiger partial charge in [0.05, 0.1) is 31.0 Å². The van der Waals surface area contributed by atoms with Crippen molar-refractivity contribution in [3.05, 3.63) is 57.3 Å². The predicted octanol–water partition coefficient (Wildman–Crippen LogP) is 3.70. The summed E-state index contributed by atoms with van der Waals surface area (Å²) in [6.45, 7) is 7.72. The topological polar surface area (TPSA) is 68.2 Å². The molecule has 0 saturated carbocycles. The van der Waals surface area contributed by atoms with Crippen LogP contribution in [-0.2, 0) is 19.1 Å². The number of benzene rings is 1. The number of nitrogens with zero attached hydrogens (tertiary/aromatic N) is 2. The van der Waals surface area contributed by atoms with Crippen LogP contribution in [0.2, 0.25) is 0 Å². The molecule has 0 N–H and O–H groups in total. The van der Waals surface area contributed by atoms with E-state index in [1.54, 1.807) is 13.8 Å². The van der Waals surface area contributed by atoms with Gasteiger partial charge in [-0.05, 0) is 45.0 Å². The monoisotopic (exact) mass is 386 g/mol. The first kappa shape index (κ1) is 19.2. The van der Waals surface area contributed by atoms with Crippen LogP contribution in [0.4, 0.5) is 0 Å². The molecule has 27 heavy (non-hydrogen) atoms. The Hall–Kier alpha value is -2.54. The van der Waals surface area contributed by atoms with Crippen molar-refractivity contribution in [3.8, 4) is 0 Å². The van der Waals surface area contributed by atoms with Crippen LogP contribution in [0.15, 0.2) is 51.1 Å². The SMILES string of the molecule is CCOC(=O)C1=C(C)N2C(=NC(C)=C(C(=O)OC)C2c2ccc(C)cc2)S1. The Kier molecular flexibility index (Phi) is 5.41. The maximum atomic E-state index is 12.6. The van der Waals surface area contributed by atoms with Gasteiger partial charge in [0.2, 0.25) is 0 Å². The Morgan fingerprint density at radius 3 is 2.41 bits per heavy atom. The fourth-order valence-electron chi connectivity index (χ4n) is 3.20. The Morgan fingerprint density at radius 2 is 1.81 bits per heavy atom. The molecule has 3 rings (SSSR count). The van der Waals surface area contributed by atoms with Gasteiger partial charge >= 0.3 is 11.9 Å². The van der Waals surface area contributed by atoms with Crippen molar-refractivity contribution in [1.82, 2.24) is 4.90 Å². The minimum Gasteiger partial charge on any atom is -0.466 e. The molecule has 0 aromatic heterocycles. The van der Waals surface area contributed by atoms with Crippen molar-refractivity contribution in [3.63, 3.8) is 0 Å². The number of ether oxygens (including phenoxy) is 2. The van der Waals surface area contributed by atoms with E-state index in [0.29, 0.717) is 27.9 Å². The standard InChI is InChI=1S/C20H22N2O4S/c1-6-26-19(24)17-13(4)22-16(14-9-7-11(2)8-10-14)15(18(23)25-5)12(3)21-20(22)27-17/h7-10,16H,6H2,1-5H3. The van der Waals surface area contributed by atoms with Gasteiger partial charge in [-0.2, -0.15) is 0 Å². The maximum Gasteiger partial charge on any atom is 0.346 e. The first-order valence-corrected chi connectivity index (χ1v) is 9.50. The molecular formula is C20H22N2O4S. The van der Waals surface area contributed by atoms with Gasteiger partial charge in [-0.15, -0.1) is 0 Å². The van der Waals surface area contributed by atoms with Gasteiger partial charge in [0.25, 0.3) is 0 Å². The molecule has 0 saturated heterocycles. The van der Waals surface area contributed by atoms with E-state index in [1.165, 1.54) is 18.9 Å². The molecule has 1 unspecified atom stereocenters. The second-order valence-corrected chi connectivity index (χ2v) is 7.28. The average Bonchev–Trinajstić information content (AvgIpc) is 2.97. The van der Waals surface area contributed by atoms with E-state index in [1.807, 2.05) is 43.0 Å². The molecule has 1 aromatic rings. The molecule has 0 radical (unpaired) electrons. The fourth-order valence-corrected chi connectivity index (χ4v) is 4.29. The Labute approximate surface area is 162 Å². The summed E-state index contributed by atoms with van der Waals surface area (Å²) in [5, 5.41) is 0.659. The average molecular weight is 386 g/mol. The van der Waals surface area contributed by atoms with Crippen molar-refractivity contribution >= 4 is 28.9 Å². The second-order valence-electron chi connectivity index (χ2n) is 6.31. The number of carbonyl (C=O) groups excluding carboxylic acids is 2. The van der Waals surface area contributed by atoms with E-state index in [0.717, 1.165) is 16.8 Å². The number of rotatable bonds is 4. The normalized spacial score (nSPS) is 19.1. The lowest BCUT2D eigenvalue weighted by molar-refractivity contribution is -0.138. The van der Waals surface area contributed by atoms with E-state index >= 15 is 0 Å². The van der Waals surface area contributed by atoms with Crippen LogP contribution in [0.25, 0.3) is 0 Å². The Bertz CT molecular complexity index is 884. The molecular weight excluding hydrogens is 364 g/mol. The van der Waals surface area contributed by atoms with Crippen LogP contribution in [-0.4, -0.2) is 35.7 Å². The molecule has 0 aliphatic carbocycles. The number of aryl methyl sites for hydroxylation is 1. The zero-order valence-corrected chi connectivity index (χ0v) is 16.8. The van der Waals surface area contributed by atoms with Crippen LogP contribution in [0.1, 0.15) is 37.9 Å². The van der Waals surface area contributed by atoms with Crippen LogP contribution in [0.3, 0.4) is 0 Å². The largest absolute Gasteiger partial charge is 0.466 e. The number of fused-ring (bicyclic) bond motifs is 1. The molecule has 142 valence electrons. The molecule has 7 heteroatoms. The second kappa shape index (κ2) is 7.60. The summed E-state index contributed by atoms with van der Waals surface area (Å²) in [6.07, 6.45) is 0. The van der Waals surface area contributed by atoms with Crippen LogP contribution in [0, 0.1) is 6.92 Å². The third-order valence-corrected chi connectivity index (χ3v) is 5.67. The minimum absolute atomic E-state index is 0.300. The maximum absolute atomic E-state index is 12.6. The summed E-state index contributed by atoms with van der Waals surface area (Å²) in [7, 11) is 1.36. The summed E-state index contributed by atoms with van der Waals surface area (Å²) in [6, 6.07) is 7.56. The summed E-state index contributed by atoms with van der Waals surface area (Å²) in [4.78, 5) is 31.9. The Morgan fingerprint density at radius 1 is 1.15 bits per heavy atom. The first-order valence-electron chi connectivity index (χ1n) is 8.68. The molecule has 1 atom stereocenters. The predicted molar refractivity (Wildman–Crippen MR) is 105 cm³/mol. The minimum atomic E-state index is -0.428. The van der Waals surface area contributed by atoms with Gasteiger partial charge in [-0.1, -0.05) is 29.8 Å². The number of thioether (sulfide) groups is 1. The lowest BCUT2D eigenvalue weighted by Crippen LogP contribution is -2.36. The van der Waals surface area contributed by atoms with Crippen molar-refractivity contribution in [2.24, 2.45) is 4.99 Å². The molecule has 0 fully saturated rings. The third-order valence-electron chi connectivity index (χ3n) is 4.53. The van der Waals surface area contributed by atoms with E-state index in [4.69, 9.17) is 9.47 Å². The van der Waals surface area contributed by atoms with Gasteiger partial charge in [0.1, 0.15) is 4.91 Å². The highest BCUT2D eigenvalue weighted by Gasteiger charge is 2.43. The number of carbonyl (C=O) groups is 2. The van der Waals surface area contributed by atoms with Crippen LogP contribution >= 0.6 is 11.8 Å². The van der Waals surface area contributed by atoms with Crippen LogP contribution < -0.4 is 0 Å². The van der Waals surface area contributed by atoms with Gasteiger partial charge < -0.3 is 14.4 Å². The summed E-state index contributed by atoms with van der Waals surface area (Å²) in [5.74, 6) is -0.805.